The molecule has 0 spiro atoms. The molecule has 148 valence electrons. The first-order chi connectivity index (χ1) is 11.9. The van der Waals surface area contributed by atoms with Gasteiger partial charge in [0.1, 0.15) is 12.4 Å². The third-order valence-corrected chi connectivity index (χ3v) is 5.26. The Morgan fingerprint density at radius 3 is 2.56 bits per heavy atom. The maximum absolute atomic E-state index is 10.8. The van der Waals surface area contributed by atoms with E-state index in [-0.39, 0.29) is 17.8 Å². The molecule has 1 rings (SSSR count). The number of hydrogen-bond donors (Lipinski definition) is 0. The molecule has 0 N–H and O–H groups in total. The van der Waals surface area contributed by atoms with Gasteiger partial charge in [0, 0.05) is 12.8 Å². The Morgan fingerprint density at radius 1 is 1.20 bits per heavy atom. The van der Waals surface area contributed by atoms with Gasteiger partial charge in [-0.2, -0.15) is 0 Å². The van der Waals surface area contributed by atoms with Crippen molar-refractivity contribution >= 4 is 6.29 Å². The molecule has 1 heterocycles. The molecule has 0 amide bonds. The molecule has 4 nitrogen and oxygen atoms in total. The highest BCUT2D eigenvalue weighted by molar-refractivity contribution is 5.49. The van der Waals surface area contributed by atoms with E-state index in [2.05, 4.69) is 34.6 Å². The van der Waals surface area contributed by atoms with Crippen LogP contribution in [-0.4, -0.2) is 36.5 Å². The number of rotatable bonds is 14. The summed E-state index contributed by atoms with van der Waals surface area (Å²) in [7, 11) is 0. The van der Waals surface area contributed by atoms with Crippen molar-refractivity contribution in [2.45, 2.75) is 122 Å². The van der Waals surface area contributed by atoms with Crippen LogP contribution in [0.4, 0.5) is 0 Å². The fourth-order valence-electron chi connectivity index (χ4n) is 3.76. The number of carbonyl (C=O) groups excluding carboxylic acids is 1. The predicted octanol–water partition coefficient (Wildman–Crippen LogP) is 5.42. The van der Waals surface area contributed by atoms with Gasteiger partial charge < -0.3 is 19.0 Å². The molecule has 4 atom stereocenters. The van der Waals surface area contributed by atoms with Crippen LogP contribution in [0, 0.1) is 0 Å². The van der Waals surface area contributed by atoms with Gasteiger partial charge in [-0.25, -0.2) is 0 Å². The Morgan fingerprint density at radius 2 is 1.96 bits per heavy atom. The molecule has 0 radical (unpaired) electrons. The van der Waals surface area contributed by atoms with Gasteiger partial charge in [-0.1, -0.05) is 46.5 Å². The Labute approximate surface area is 155 Å². The van der Waals surface area contributed by atoms with Gasteiger partial charge >= 0.3 is 0 Å². The Balaban J connectivity index is 2.59. The molecule has 4 heteroatoms. The van der Waals surface area contributed by atoms with Crippen molar-refractivity contribution in [1.82, 2.24) is 0 Å². The van der Waals surface area contributed by atoms with E-state index in [4.69, 9.17) is 14.2 Å². The van der Waals surface area contributed by atoms with Gasteiger partial charge in [0.2, 0.25) is 0 Å². The van der Waals surface area contributed by atoms with E-state index in [1.807, 2.05) is 0 Å². The lowest BCUT2D eigenvalue weighted by atomic mass is 9.93. The van der Waals surface area contributed by atoms with Crippen LogP contribution in [0.2, 0.25) is 0 Å². The molecule has 1 fully saturated rings. The molecule has 1 aliphatic rings. The summed E-state index contributed by atoms with van der Waals surface area (Å²) in [5, 5.41) is 0. The van der Waals surface area contributed by atoms with E-state index in [0.29, 0.717) is 13.0 Å². The third kappa shape index (κ3) is 7.76. The monoisotopic (exact) mass is 356 g/mol. The number of carbonyl (C=O) groups is 1. The smallest absolute Gasteiger partial charge is 0.166 e. The molecule has 1 aliphatic heterocycles. The summed E-state index contributed by atoms with van der Waals surface area (Å²) in [5.74, 6) is -0.473. The second-order valence-corrected chi connectivity index (χ2v) is 7.88. The largest absolute Gasteiger partial charge is 0.369 e. The topological polar surface area (TPSA) is 44.8 Å². The molecular formula is C21H40O4. The lowest BCUT2D eigenvalue weighted by Gasteiger charge is -2.36. The molecular weight excluding hydrogens is 316 g/mol. The SMILES string of the molecule is CCCCCCC1(C)OCC(C(CC)OC(C)(CCC)CCC=O)O1. The molecule has 0 bridgehead atoms. The van der Waals surface area contributed by atoms with Crippen molar-refractivity contribution in [3.8, 4) is 0 Å². The molecule has 4 unspecified atom stereocenters. The van der Waals surface area contributed by atoms with E-state index in [1.54, 1.807) is 0 Å². The van der Waals surface area contributed by atoms with Crippen LogP contribution in [0.5, 0.6) is 0 Å². The molecule has 0 aromatic carbocycles. The zero-order chi connectivity index (χ0) is 18.8. The highest BCUT2D eigenvalue weighted by atomic mass is 16.8. The molecule has 0 aromatic rings. The van der Waals surface area contributed by atoms with Gasteiger partial charge in [0.05, 0.1) is 18.3 Å². The van der Waals surface area contributed by atoms with Crippen LogP contribution < -0.4 is 0 Å². The highest BCUT2D eigenvalue weighted by Gasteiger charge is 2.42. The van der Waals surface area contributed by atoms with Crippen LogP contribution >= 0.6 is 0 Å². The minimum Gasteiger partial charge on any atom is -0.369 e. The summed E-state index contributed by atoms with van der Waals surface area (Å²) in [5.41, 5.74) is -0.264. The van der Waals surface area contributed by atoms with Crippen molar-refractivity contribution in [3.05, 3.63) is 0 Å². The fourth-order valence-corrected chi connectivity index (χ4v) is 3.76. The van der Waals surface area contributed by atoms with Crippen molar-refractivity contribution in [2.24, 2.45) is 0 Å². The molecule has 0 aromatic heterocycles. The quantitative estimate of drug-likeness (QED) is 0.308. The summed E-state index contributed by atoms with van der Waals surface area (Å²) < 4.78 is 18.8. The van der Waals surface area contributed by atoms with Crippen molar-refractivity contribution in [2.75, 3.05) is 6.61 Å². The lowest BCUT2D eigenvalue weighted by molar-refractivity contribution is -0.190. The van der Waals surface area contributed by atoms with Crippen molar-refractivity contribution in [1.29, 1.82) is 0 Å². The minimum atomic E-state index is -0.473. The maximum atomic E-state index is 10.8. The summed E-state index contributed by atoms with van der Waals surface area (Å²) in [4.78, 5) is 10.8. The first-order valence-corrected chi connectivity index (χ1v) is 10.3. The standard InChI is InChI=1S/C21H40O4/c1-6-9-10-11-15-21(5)23-17-19(25-21)18(8-3)24-20(4,13-7-2)14-12-16-22/h16,18-19H,6-15,17H2,1-5H3. The Bertz CT molecular complexity index is 373. The van der Waals surface area contributed by atoms with Crippen LogP contribution in [0.15, 0.2) is 0 Å². The third-order valence-electron chi connectivity index (χ3n) is 5.26. The van der Waals surface area contributed by atoms with Crippen LogP contribution in [0.25, 0.3) is 0 Å². The van der Waals surface area contributed by atoms with Gasteiger partial charge in [-0.15, -0.1) is 0 Å². The molecule has 0 aliphatic carbocycles. The van der Waals surface area contributed by atoms with Gasteiger partial charge in [0.25, 0.3) is 0 Å². The first kappa shape index (κ1) is 22.6. The van der Waals surface area contributed by atoms with E-state index in [9.17, 15) is 4.79 Å². The lowest BCUT2D eigenvalue weighted by Crippen LogP contribution is -2.41. The van der Waals surface area contributed by atoms with Crippen molar-refractivity contribution < 1.29 is 19.0 Å². The average molecular weight is 357 g/mol. The second-order valence-electron chi connectivity index (χ2n) is 7.88. The summed E-state index contributed by atoms with van der Waals surface area (Å²) in [6.45, 7) is 11.3. The zero-order valence-electron chi connectivity index (χ0n) is 17.1. The van der Waals surface area contributed by atoms with E-state index >= 15 is 0 Å². The van der Waals surface area contributed by atoms with E-state index < -0.39 is 5.79 Å². The van der Waals surface area contributed by atoms with Gasteiger partial charge in [-0.05, 0) is 39.5 Å². The molecule has 0 saturated carbocycles. The van der Waals surface area contributed by atoms with Crippen LogP contribution in [-0.2, 0) is 19.0 Å². The van der Waals surface area contributed by atoms with Crippen LogP contribution in [0.3, 0.4) is 0 Å². The second kappa shape index (κ2) is 11.3. The Kier molecular flexibility index (Phi) is 10.2. The number of aldehydes is 1. The number of ether oxygens (including phenoxy) is 3. The highest BCUT2D eigenvalue weighted by Crippen LogP contribution is 2.34. The summed E-state index contributed by atoms with van der Waals surface area (Å²) >= 11 is 0. The first-order valence-electron chi connectivity index (χ1n) is 10.3. The average Bonchev–Trinajstić information content (AvgIpc) is 2.98. The zero-order valence-corrected chi connectivity index (χ0v) is 17.1. The number of hydrogen-bond acceptors (Lipinski definition) is 4. The maximum Gasteiger partial charge on any atom is 0.166 e. The van der Waals surface area contributed by atoms with Crippen molar-refractivity contribution in [3.63, 3.8) is 0 Å². The fraction of sp³-hybridized carbons (Fsp3) is 0.952. The minimum absolute atomic E-state index is 0.0145. The van der Waals surface area contributed by atoms with Gasteiger partial charge in [0.15, 0.2) is 5.79 Å². The van der Waals surface area contributed by atoms with E-state index in [0.717, 1.165) is 44.8 Å². The summed E-state index contributed by atoms with van der Waals surface area (Å²) in [6.07, 6.45) is 11.0. The normalized spacial score (nSPS) is 27.2. The van der Waals surface area contributed by atoms with Gasteiger partial charge in [-0.3, -0.25) is 0 Å². The molecule has 25 heavy (non-hydrogen) atoms. The van der Waals surface area contributed by atoms with E-state index in [1.165, 1.54) is 19.3 Å². The summed E-state index contributed by atoms with van der Waals surface area (Å²) in [6, 6.07) is 0. The Hall–Kier alpha value is -0.450. The predicted molar refractivity (Wildman–Crippen MR) is 102 cm³/mol. The number of unbranched alkanes of at least 4 members (excludes halogenated alkanes) is 3. The van der Waals surface area contributed by atoms with Crippen LogP contribution in [0.1, 0.15) is 98.8 Å². The molecule has 1 saturated heterocycles.